The molecule has 0 bridgehead atoms. The Bertz CT molecular complexity index is 657. The number of nitrogens with one attached hydrogen (secondary N) is 1. The average molecular weight is 318 g/mol. The van der Waals surface area contributed by atoms with Crippen LogP contribution >= 0.6 is 0 Å². The molecule has 0 saturated heterocycles. The highest BCUT2D eigenvalue weighted by Gasteiger charge is 2.16. The maximum absolute atomic E-state index is 11.0. The average Bonchev–Trinajstić information content (AvgIpc) is 2.55. The van der Waals surface area contributed by atoms with Crippen molar-refractivity contribution in [2.45, 2.75) is 6.61 Å². The molecule has 2 aromatic rings. The van der Waals surface area contributed by atoms with Crippen molar-refractivity contribution in [2.24, 2.45) is 5.10 Å². The molecule has 0 spiro atoms. The topological polar surface area (TPSA) is 67.3 Å². The van der Waals surface area contributed by atoms with Gasteiger partial charge in [0.25, 0.3) is 5.91 Å². The summed E-state index contributed by atoms with van der Waals surface area (Å²) < 4.78 is 5.73. The highest BCUT2D eigenvalue weighted by atomic mass is 35.5. The van der Waals surface area contributed by atoms with E-state index in [-0.39, 0.29) is 18.3 Å². The molecule has 0 radical (unpaired) electrons. The summed E-state index contributed by atoms with van der Waals surface area (Å²) >= 11 is 0. The number of hydrogen-bond donors (Lipinski definition) is 2. The summed E-state index contributed by atoms with van der Waals surface area (Å²) in [5.74, 6) is 1.51. The molecule has 1 heterocycles. The lowest BCUT2D eigenvalue weighted by Gasteiger charge is -2.10. The van der Waals surface area contributed by atoms with E-state index in [0.29, 0.717) is 13.2 Å². The number of carbonyl (C=O) groups is 1. The van der Waals surface area contributed by atoms with E-state index in [2.05, 4.69) is 10.5 Å². The van der Waals surface area contributed by atoms with E-state index in [1.165, 1.54) is 0 Å². The van der Waals surface area contributed by atoms with Crippen molar-refractivity contribution in [3.05, 3.63) is 65.7 Å². The van der Waals surface area contributed by atoms with Crippen LogP contribution in [-0.2, 0) is 11.4 Å². The van der Waals surface area contributed by atoms with E-state index in [9.17, 15) is 4.79 Å². The second-order valence-corrected chi connectivity index (χ2v) is 4.74. The summed E-state index contributed by atoms with van der Waals surface area (Å²) in [7, 11) is 0. The Morgan fingerprint density at radius 1 is 1.09 bits per heavy atom. The van der Waals surface area contributed by atoms with Crippen LogP contribution in [0.5, 0.6) is 5.75 Å². The highest BCUT2D eigenvalue weighted by molar-refractivity contribution is 5.94. The molecule has 5 nitrogen and oxygen atoms in total. The van der Waals surface area contributed by atoms with Gasteiger partial charge in [0.05, 0.1) is 5.56 Å². The third-order valence-corrected chi connectivity index (χ3v) is 3.18. The molecule has 0 aromatic heterocycles. The molecule has 0 fully saturated rings. The lowest BCUT2D eigenvalue weighted by atomic mass is 10.2. The zero-order chi connectivity index (χ0) is 14.5. The van der Waals surface area contributed by atoms with E-state index < -0.39 is 0 Å². The first kappa shape index (κ1) is 16.0. The quantitative estimate of drug-likeness (QED) is 0.662. The number of benzene rings is 2. The predicted molar refractivity (Wildman–Crippen MR) is 78.7 cm³/mol. The van der Waals surface area contributed by atoms with Crippen molar-refractivity contribution >= 4 is 11.7 Å². The zero-order valence-electron chi connectivity index (χ0n) is 11.8. The van der Waals surface area contributed by atoms with Gasteiger partial charge in [-0.15, -0.1) is 5.10 Å². The number of hydrazone groups is 1. The van der Waals surface area contributed by atoms with Crippen LogP contribution in [0.2, 0.25) is 0 Å². The van der Waals surface area contributed by atoms with Crippen molar-refractivity contribution in [3.8, 4) is 5.75 Å². The Balaban J connectivity index is 0.00000176. The van der Waals surface area contributed by atoms with Crippen molar-refractivity contribution in [2.75, 3.05) is 6.54 Å². The predicted octanol–water partition coefficient (Wildman–Crippen LogP) is -2.38. The molecule has 22 heavy (non-hydrogen) atoms. The van der Waals surface area contributed by atoms with Gasteiger partial charge in [0.1, 0.15) is 12.4 Å². The highest BCUT2D eigenvalue weighted by Crippen LogP contribution is 2.14. The third kappa shape index (κ3) is 4.07. The fourth-order valence-electron chi connectivity index (χ4n) is 2.05. The molecule has 0 atom stereocenters. The van der Waals surface area contributed by atoms with Crippen LogP contribution < -0.4 is 27.9 Å². The summed E-state index contributed by atoms with van der Waals surface area (Å²) in [6.45, 7) is 0.911. The standard InChI is InChI=1S/C16H15N3O2.ClH/c20-15-10-17-16(19-18-15)13-6-8-14(9-7-13)21-11-12-4-2-1-3-5-12;/h1-9H,10-11H2,(H,17,19)(H,18,20);1H. The number of carbonyl (C=O) groups excluding carboxylic acids is 1. The number of hydrogen-bond acceptors (Lipinski definition) is 3. The second-order valence-electron chi connectivity index (χ2n) is 4.74. The third-order valence-electron chi connectivity index (χ3n) is 3.18. The molecule has 1 aliphatic rings. The fourth-order valence-corrected chi connectivity index (χ4v) is 2.05. The number of nitrogens with two attached hydrogens (primary N) is 1. The van der Waals surface area contributed by atoms with E-state index in [0.717, 1.165) is 22.7 Å². The molecule has 114 valence electrons. The van der Waals surface area contributed by atoms with Crippen LogP contribution in [0.15, 0.2) is 59.7 Å². The lowest BCUT2D eigenvalue weighted by Crippen LogP contribution is -3.00. The van der Waals surface area contributed by atoms with Crippen LogP contribution in [0.4, 0.5) is 0 Å². The van der Waals surface area contributed by atoms with Gasteiger partial charge in [0, 0.05) is 0 Å². The number of halogens is 1. The van der Waals surface area contributed by atoms with Gasteiger partial charge in [-0.1, -0.05) is 30.3 Å². The smallest absolute Gasteiger partial charge is 0.295 e. The Kier molecular flexibility index (Phi) is 5.52. The van der Waals surface area contributed by atoms with Gasteiger partial charge in [0.15, 0.2) is 6.54 Å². The van der Waals surface area contributed by atoms with Crippen LogP contribution in [0.3, 0.4) is 0 Å². The Labute approximate surface area is 134 Å². The van der Waals surface area contributed by atoms with Crippen molar-refractivity contribution < 1.29 is 27.3 Å². The molecule has 0 unspecified atom stereocenters. The Morgan fingerprint density at radius 2 is 1.82 bits per heavy atom. The molecule has 1 amide bonds. The molecular formula is C16H16ClN3O2. The molecule has 3 N–H and O–H groups in total. The number of nitrogens with zero attached hydrogens (tertiary/aromatic N) is 1. The molecular weight excluding hydrogens is 302 g/mol. The van der Waals surface area contributed by atoms with Crippen LogP contribution in [0.1, 0.15) is 11.1 Å². The van der Waals surface area contributed by atoms with Gasteiger partial charge in [-0.05, 0) is 29.8 Å². The van der Waals surface area contributed by atoms with E-state index in [1.54, 1.807) is 0 Å². The lowest BCUT2D eigenvalue weighted by molar-refractivity contribution is -0.529. The number of amidine groups is 1. The monoisotopic (exact) mass is 317 g/mol. The van der Waals surface area contributed by atoms with Crippen LogP contribution in [0, 0.1) is 0 Å². The number of amides is 1. The molecule has 3 rings (SSSR count). The minimum Gasteiger partial charge on any atom is -1.00 e. The number of rotatable bonds is 4. The molecule has 2 aromatic carbocycles. The first-order valence-corrected chi connectivity index (χ1v) is 6.78. The van der Waals surface area contributed by atoms with Gasteiger partial charge in [-0.25, -0.2) is 5.43 Å². The van der Waals surface area contributed by atoms with Gasteiger partial charge >= 0.3 is 0 Å². The van der Waals surface area contributed by atoms with Crippen molar-refractivity contribution in [3.63, 3.8) is 0 Å². The first-order chi connectivity index (χ1) is 10.3. The number of quaternary nitrogens is 1. The maximum Gasteiger partial charge on any atom is 0.295 e. The molecule has 1 aliphatic heterocycles. The summed E-state index contributed by atoms with van der Waals surface area (Å²) in [5, 5.41) is 5.84. The Hall–Kier alpha value is -2.37. The minimum absolute atomic E-state index is 0. The minimum atomic E-state index is -0.0819. The first-order valence-electron chi connectivity index (χ1n) is 6.78. The SMILES string of the molecule is O=C1C[NH2+]C(c2ccc(OCc3ccccc3)cc2)=NN1.[Cl-]. The van der Waals surface area contributed by atoms with Crippen molar-refractivity contribution in [1.82, 2.24) is 5.43 Å². The summed E-state index contributed by atoms with van der Waals surface area (Å²) in [6.07, 6.45) is 0. The number of ether oxygens (including phenoxy) is 1. The van der Waals surface area contributed by atoms with Gasteiger partial charge in [0.2, 0.25) is 5.84 Å². The van der Waals surface area contributed by atoms with Crippen molar-refractivity contribution in [1.29, 1.82) is 0 Å². The van der Waals surface area contributed by atoms with E-state index in [4.69, 9.17) is 4.74 Å². The normalized spacial score (nSPS) is 13.6. The zero-order valence-corrected chi connectivity index (χ0v) is 12.6. The molecule has 0 aliphatic carbocycles. The van der Waals surface area contributed by atoms with E-state index >= 15 is 0 Å². The summed E-state index contributed by atoms with van der Waals surface area (Å²) in [5.41, 5.74) is 4.57. The van der Waals surface area contributed by atoms with E-state index in [1.807, 2.05) is 59.9 Å². The largest absolute Gasteiger partial charge is 1.00 e. The maximum atomic E-state index is 11.0. The summed E-state index contributed by atoms with van der Waals surface area (Å²) in [6, 6.07) is 17.7. The van der Waals surface area contributed by atoms with Crippen LogP contribution in [0.25, 0.3) is 0 Å². The van der Waals surface area contributed by atoms with Gasteiger partial charge in [-0.2, -0.15) is 0 Å². The van der Waals surface area contributed by atoms with Crippen LogP contribution in [-0.4, -0.2) is 18.3 Å². The second kappa shape index (κ2) is 7.59. The fraction of sp³-hybridized carbons (Fsp3) is 0.125. The molecule has 6 heteroatoms. The Morgan fingerprint density at radius 3 is 2.45 bits per heavy atom. The molecule has 0 saturated carbocycles. The summed E-state index contributed by atoms with van der Waals surface area (Å²) in [4.78, 5) is 11.0. The van der Waals surface area contributed by atoms with Gasteiger partial charge in [-0.3, -0.25) is 10.1 Å². The van der Waals surface area contributed by atoms with Gasteiger partial charge < -0.3 is 17.1 Å².